The fourth-order valence-corrected chi connectivity index (χ4v) is 5.22. The molecule has 0 saturated carbocycles. The molecule has 1 atom stereocenters. The number of rotatable bonds is 4. The van der Waals surface area contributed by atoms with Gasteiger partial charge in [-0.1, -0.05) is 11.6 Å². The van der Waals surface area contributed by atoms with Gasteiger partial charge in [-0.3, -0.25) is 9.13 Å². The molecule has 0 N–H and O–H groups in total. The second-order valence-electron chi connectivity index (χ2n) is 7.79. The van der Waals surface area contributed by atoms with Crippen LogP contribution in [0, 0.1) is 0 Å². The van der Waals surface area contributed by atoms with Gasteiger partial charge < -0.3 is 4.90 Å². The van der Waals surface area contributed by atoms with E-state index >= 15 is 0 Å². The van der Waals surface area contributed by atoms with Crippen molar-refractivity contribution in [1.29, 1.82) is 0 Å². The van der Waals surface area contributed by atoms with Crippen LogP contribution in [-0.4, -0.2) is 43.4 Å². The normalized spacial score (nSPS) is 17.1. The molecule has 0 radical (unpaired) electrons. The summed E-state index contributed by atoms with van der Waals surface area (Å²) in [6, 6.07) is 8.15. The number of nitrogens with zero attached hydrogens (tertiary/aromatic N) is 6. The van der Waals surface area contributed by atoms with Crippen molar-refractivity contribution in [1.82, 2.24) is 24.1 Å². The highest BCUT2D eigenvalue weighted by Gasteiger charge is 2.33. The average molecular weight is 495 g/mol. The molecule has 0 aliphatic carbocycles. The molecule has 4 aromatic rings. The van der Waals surface area contributed by atoms with Crippen molar-refractivity contribution < 1.29 is 13.2 Å². The molecule has 7 nitrogen and oxygen atoms in total. The quantitative estimate of drug-likeness (QED) is 0.408. The number of hydrogen-bond acceptors (Lipinski definition) is 6. The van der Waals surface area contributed by atoms with E-state index in [1.54, 1.807) is 18.3 Å². The summed E-state index contributed by atoms with van der Waals surface area (Å²) in [5.74, 6) is 0.502. The van der Waals surface area contributed by atoms with Gasteiger partial charge in [0.05, 0.1) is 26.5 Å². The van der Waals surface area contributed by atoms with Crippen LogP contribution in [0.25, 0.3) is 21.7 Å². The molecule has 0 aromatic carbocycles. The van der Waals surface area contributed by atoms with E-state index in [0.717, 1.165) is 21.6 Å². The first-order valence-corrected chi connectivity index (χ1v) is 11.5. The monoisotopic (exact) mass is 494 g/mol. The molecular weight excluding hydrogens is 477 g/mol. The lowest BCUT2D eigenvalue weighted by Gasteiger charge is -2.33. The van der Waals surface area contributed by atoms with Crippen molar-refractivity contribution in [3.63, 3.8) is 0 Å². The third-order valence-corrected chi connectivity index (χ3v) is 6.83. The molecule has 0 amide bonds. The van der Waals surface area contributed by atoms with Crippen LogP contribution in [0.4, 0.5) is 19.1 Å². The molecule has 172 valence electrons. The van der Waals surface area contributed by atoms with E-state index in [1.807, 2.05) is 11.0 Å². The summed E-state index contributed by atoms with van der Waals surface area (Å²) in [5, 5.41) is 0. The van der Waals surface area contributed by atoms with Gasteiger partial charge in [0.25, 0.3) is 0 Å². The van der Waals surface area contributed by atoms with Crippen LogP contribution in [0.1, 0.15) is 18.9 Å². The Morgan fingerprint density at radius 3 is 2.76 bits per heavy atom. The van der Waals surface area contributed by atoms with Gasteiger partial charge in [0, 0.05) is 25.5 Å². The van der Waals surface area contributed by atoms with Gasteiger partial charge in [0.1, 0.15) is 6.54 Å². The predicted molar refractivity (Wildman–Crippen MR) is 121 cm³/mol. The lowest BCUT2D eigenvalue weighted by molar-refractivity contribution is -0.140. The number of anilines is 1. The molecule has 1 aliphatic heterocycles. The van der Waals surface area contributed by atoms with E-state index < -0.39 is 18.4 Å². The maximum Gasteiger partial charge on any atom is 0.406 e. The lowest BCUT2D eigenvalue weighted by atomic mass is 10.1. The summed E-state index contributed by atoms with van der Waals surface area (Å²) in [5.41, 5.74) is 0.446. The largest absolute Gasteiger partial charge is 0.406 e. The molecule has 12 heteroatoms. The Kier molecular flexibility index (Phi) is 5.61. The number of fused-ring (bicyclic) bond motifs is 1. The van der Waals surface area contributed by atoms with E-state index in [2.05, 4.69) is 15.0 Å². The Bertz CT molecular complexity index is 1360. The summed E-state index contributed by atoms with van der Waals surface area (Å²) < 4.78 is 42.2. The standard InChI is InChI=1S/C21H18ClF3N6OS/c22-17-6-5-16(33-17)14-7-9-27-19(28-14)29-10-2-3-13(11-29)31-18-15(4-1-8-26-18)30(20(31)32)12-21(23,24)25/h1,4-9,13H,2-3,10-12H2/t13-/m0/s1. The number of thiophene rings is 1. The number of piperidine rings is 1. The Balaban J connectivity index is 1.49. The first-order valence-electron chi connectivity index (χ1n) is 10.3. The Morgan fingerprint density at radius 2 is 2.00 bits per heavy atom. The fourth-order valence-electron chi connectivity index (χ4n) is 4.21. The van der Waals surface area contributed by atoms with Crippen LogP contribution >= 0.6 is 22.9 Å². The molecule has 1 aliphatic rings. The highest BCUT2D eigenvalue weighted by Crippen LogP contribution is 2.32. The Hall–Kier alpha value is -2.92. The SMILES string of the molecule is O=c1n(CC(F)(F)F)c2cccnc2n1[C@H]1CCCN(c2nccc(-c3ccc(Cl)s3)n2)C1. The highest BCUT2D eigenvalue weighted by molar-refractivity contribution is 7.19. The van der Waals surface area contributed by atoms with Crippen LogP contribution in [0.15, 0.2) is 47.5 Å². The van der Waals surface area contributed by atoms with Gasteiger partial charge >= 0.3 is 11.9 Å². The minimum atomic E-state index is -4.52. The smallest absolute Gasteiger partial charge is 0.339 e. The van der Waals surface area contributed by atoms with Crippen molar-refractivity contribution >= 4 is 40.0 Å². The summed E-state index contributed by atoms with van der Waals surface area (Å²) >= 11 is 7.46. The van der Waals surface area contributed by atoms with Crippen LogP contribution < -0.4 is 10.6 Å². The van der Waals surface area contributed by atoms with Gasteiger partial charge in [-0.25, -0.2) is 19.7 Å². The van der Waals surface area contributed by atoms with Gasteiger partial charge in [0.2, 0.25) is 5.95 Å². The molecule has 1 fully saturated rings. The van der Waals surface area contributed by atoms with E-state index in [1.165, 1.54) is 34.2 Å². The van der Waals surface area contributed by atoms with Gasteiger partial charge in [-0.2, -0.15) is 13.2 Å². The molecule has 5 heterocycles. The lowest BCUT2D eigenvalue weighted by Crippen LogP contribution is -2.41. The first-order chi connectivity index (χ1) is 15.8. The first kappa shape index (κ1) is 21.9. The number of halogens is 4. The van der Waals surface area contributed by atoms with E-state index in [4.69, 9.17) is 11.6 Å². The van der Waals surface area contributed by atoms with Crippen molar-refractivity contribution in [2.45, 2.75) is 31.6 Å². The van der Waals surface area contributed by atoms with Crippen molar-refractivity contribution in [2.24, 2.45) is 0 Å². The van der Waals surface area contributed by atoms with E-state index in [0.29, 0.717) is 29.8 Å². The summed E-state index contributed by atoms with van der Waals surface area (Å²) in [6.07, 6.45) is -0.00361. The van der Waals surface area contributed by atoms with Crippen LogP contribution in [0.3, 0.4) is 0 Å². The highest BCUT2D eigenvalue weighted by atomic mass is 35.5. The van der Waals surface area contributed by atoms with E-state index in [-0.39, 0.29) is 17.2 Å². The van der Waals surface area contributed by atoms with Gasteiger partial charge in [0.15, 0.2) is 5.65 Å². The minimum Gasteiger partial charge on any atom is -0.339 e. The van der Waals surface area contributed by atoms with Crippen molar-refractivity contribution in [3.05, 3.63) is 57.5 Å². The van der Waals surface area contributed by atoms with Crippen LogP contribution in [0.5, 0.6) is 0 Å². The third-order valence-electron chi connectivity index (χ3n) is 5.57. The Labute approximate surface area is 195 Å². The summed E-state index contributed by atoms with van der Waals surface area (Å²) in [6.45, 7) is -0.295. The van der Waals surface area contributed by atoms with Gasteiger partial charge in [-0.15, -0.1) is 11.3 Å². The second kappa shape index (κ2) is 8.45. The molecule has 0 bridgehead atoms. The van der Waals surface area contributed by atoms with Crippen LogP contribution in [0.2, 0.25) is 4.34 Å². The molecule has 0 spiro atoms. The number of hydrogen-bond donors (Lipinski definition) is 0. The summed E-state index contributed by atoms with van der Waals surface area (Å²) in [7, 11) is 0. The number of imidazole rings is 1. The summed E-state index contributed by atoms with van der Waals surface area (Å²) in [4.78, 5) is 29.2. The number of alkyl halides is 3. The van der Waals surface area contributed by atoms with E-state index in [9.17, 15) is 18.0 Å². The topological polar surface area (TPSA) is 68.8 Å². The maximum absolute atomic E-state index is 13.1. The third kappa shape index (κ3) is 4.34. The van der Waals surface area contributed by atoms with Crippen molar-refractivity contribution in [3.8, 4) is 10.6 Å². The Morgan fingerprint density at radius 1 is 1.15 bits per heavy atom. The molecule has 33 heavy (non-hydrogen) atoms. The molecular formula is C21H18ClF3N6OS. The maximum atomic E-state index is 13.1. The predicted octanol–water partition coefficient (Wildman–Crippen LogP) is 4.77. The number of pyridine rings is 1. The molecule has 1 saturated heterocycles. The average Bonchev–Trinajstić information content (AvgIpc) is 3.34. The zero-order valence-corrected chi connectivity index (χ0v) is 18.7. The molecule has 0 unspecified atom stereocenters. The molecule has 4 aromatic heterocycles. The zero-order valence-electron chi connectivity index (χ0n) is 17.2. The minimum absolute atomic E-state index is 0.171. The molecule has 5 rings (SSSR count). The zero-order chi connectivity index (χ0) is 23.2. The van der Waals surface area contributed by atoms with Crippen LogP contribution in [-0.2, 0) is 6.54 Å². The van der Waals surface area contributed by atoms with Gasteiger partial charge in [-0.05, 0) is 43.2 Å². The second-order valence-corrected chi connectivity index (χ2v) is 9.50. The fraction of sp³-hybridized carbons (Fsp3) is 0.333. The van der Waals surface area contributed by atoms with Crippen molar-refractivity contribution in [2.75, 3.05) is 18.0 Å². The number of aromatic nitrogens is 5.